The minimum absolute atomic E-state index is 0.572. The molecule has 12 heavy (non-hydrogen) atoms. The first-order chi connectivity index (χ1) is 5.83. The molecule has 0 aliphatic rings. The lowest BCUT2D eigenvalue weighted by molar-refractivity contribution is 0.574. The maximum absolute atomic E-state index is 4.89. The van der Waals surface area contributed by atoms with Crippen LogP contribution in [0.3, 0.4) is 0 Å². The second kappa shape index (κ2) is 10.0. The van der Waals surface area contributed by atoms with Crippen molar-refractivity contribution < 1.29 is 4.42 Å². The Labute approximate surface area is 75.2 Å². The van der Waals surface area contributed by atoms with Gasteiger partial charge in [0.15, 0.2) is 0 Å². The zero-order chi connectivity index (χ0) is 9.98. The Kier molecular flexibility index (Phi) is 11.3. The molecule has 1 aromatic rings. The van der Waals surface area contributed by atoms with Crippen LogP contribution in [0.5, 0.6) is 0 Å². The minimum Gasteiger partial charge on any atom is -0.432 e. The number of hydrogen-bond acceptors (Lipinski definition) is 3. The highest BCUT2D eigenvalue weighted by atomic mass is 16.4. The number of nitrogens with zero attached hydrogens (tertiary/aromatic N) is 1. The molecule has 3 heteroatoms. The molecule has 0 aliphatic carbocycles. The Hall–Kier alpha value is -0.990. The Morgan fingerprint density at radius 1 is 1.25 bits per heavy atom. The topological polar surface area (TPSA) is 38.1 Å². The van der Waals surface area contributed by atoms with Gasteiger partial charge in [0.1, 0.15) is 6.26 Å². The summed E-state index contributed by atoms with van der Waals surface area (Å²) in [4.78, 5) is 3.95. The monoisotopic (exact) mass is 172 g/mol. The van der Waals surface area contributed by atoms with Crippen molar-refractivity contribution in [2.24, 2.45) is 0 Å². The second-order valence-electron chi connectivity index (χ2n) is 1.54. The van der Waals surface area contributed by atoms with Crippen LogP contribution >= 0.6 is 0 Å². The molecule has 0 saturated heterocycles. The van der Waals surface area contributed by atoms with Gasteiger partial charge in [-0.05, 0) is 6.92 Å². The largest absolute Gasteiger partial charge is 0.432 e. The van der Waals surface area contributed by atoms with E-state index in [0.29, 0.717) is 6.01 Å². The third-order valence-corrected chi connectivity index (χ3v) is 0.833. The molecular weight excluding hydrogens is 152 g/mol. The number of hydrogen-bond donors (Lipinski definition) is 1. The first-order valence-electron chi connectivity index (χ1n) is 4.43. The zero-order valence-electron chi connectivity index (χ0n) is 8.93. The number of oxazole rings is 1. The van der Waals surface area contributed by atoms with Crippen LogP contribution < -0.4 is 5.32 Å². The normalized spacial score (nSPS) is 7.17. The number of anilines is 1. The average molecular weight is 172 g/mol. The molecule has 0 atom stereocenters. The van der Waals surface area contributed by atoms with Crippen molar-refractivity contribution in [3.63, 3.8) is 0 Å². The van der Waals surface area contributed by atoms with Gasteiger partial charge in [0, 0.05) is 7.05 Å². The summed E-state index contributed by atoms with van der Waals surface area (Å²) in [5, 5.41) is 2.77. The first kappa shape index (κ1) is 13.6. The second-order valence-corrected chi connectivity index (χ2v) is 1.54. The highest BCUT2D eigenvalue weighted by Crippen LogP contribution is 2.03. The fourth-order valence-corrected chi connectivity index (χ4v) is 0.469. The summed E-state index contributed by atoms with van der Waals surface area (Å²) >= 11 is 0. The predicted molar refractivity (Wildman–Crippen MR) is 53.5 cm³/mol. The van der Waals surface area contributed by atoms with Crippen LogP contribution in [0.15, 0.2) is 10.7 Å². The van der Waals surface area contributed by atoms with Gasteiger partial charge in [-0.1, -0.05) is 27.7 Å². The Bertz CT molecular complexity index is 173. The molecule has 3 nitrogen and oxygen atoms in total. The molecule has 0 amide bonds. The third-order valence-electron chi connectivity index (χ3n) is 0.833. The average Bonchev–Trinajstić information content (AvgIpc) is 2.58. The molecule has 0 radical (unpaired) electrons. The molecule has 1 aromatic heterocycles. The van der Waals surface area contributed by atoms with Gasteiger partial charge in [0.2, 0.25) is 0 Å². The van der Waals surface area contributed by atoms with Gasteiger partial charge in [-0.3, -0.25) is 0 Å². The molecule has 0 bridgehead atoms. The predicted octanol–water partition coefficient (Wildman–Crippen LogP) is 3.08. The van der Waals surface area contributed by atoms with Crippen LogP contribution in [-0.4, -0.2) is 12.0 Å². The fraction of sp³-hybridized carbons (Fsp3) is 0.667. The summed E-state index contributed by atoms with van der Waals surface area (Å²) in [5.41, 5.74) is 0.898. The molecule has 1 rings (SSSR count). The van der Waals surface area contributed by atoms with Gasteiger partial charge in [-0.2, -0.15) is 4.98 Å². The lowest BCUT2D eigenvalue weighted by Crippen LogP contribution is -1.85. The van der Waals surface area contributed by atoms with E-state index in [-0.39, 0.29) is 0 Å². The summed E-state index contributed by atoms with van der Waals surface area (Å²) in [6.45, 7) is 9.88. The van der Waals surface area contributed by atoms with Gasteiger partial charge in [-0.25, -0.2) is 0 Å². The summed E-state index contributed by atoms with van der Waals surface area (Å²) < 4.78 is 4.89. The summed E-state index contributed by atoms with van der Waals surface area (Å²) in [6.07, 6.45) is 1.60. The molecule has 1 N–H and O–H groups in total. The Morgan fingerprint density at radius 3 is 1.92 bits per heavy atom. The van der Waals surface area contributed by atoms with Crippen LogP contribution in [0.2, 0.25) is 0 Å². The zero-order valence-corrected chi connectivity index (χ0v) is 8.93. The molecule has 0 unspecified atom stereocenters. The van der Waals surface area contributed by atoms with Crippen LogP contribution in [0.25, 0.3) is 0 Å². The van der Waals surface area contributed by atoms with E-state index in [1.54, 1.807) is 13.3 Å². The van der Waals surface area contributed by atoms with Crippen LogP contribution in [0.4, 0.5) is 6.01 Å². The van der Waals surface area contributed by atoms with Gasteiger partial charge < -0.3 is 9.73 Å². The lowest BCUT2D eigenvalue weighted by Gasteiger charge is -1.83. The van der Waals surface area contributed by atoms with Crippen molar-refractivity contribution in [1.82, 2.24) is 4.98 Å². The van der Waals surface area contributed by atoms with Crippen molar-refractivity contribution in [3.8, 4) is 0 Å². The minimum atomic E-state index is 0.572. The van der Waals surface area contributed by atoms with Crippen molar-refractivity contribution in [2.75, 3.05) is 12.4 Å². The van der Waals surface area contributed by atoms with Crippen molar-refractivity contribution in [3.05, 3.63) is 12.0 Å². The van der Waals surface area contributed by atoms with Crippen LogP contribution in [-0.2, 0) is 0 Å². The van der Waals surface area contributed by atoms with E-state index in [1.165, 1.54) is 0 Å². The maximum Gasteiger partial charge on any atom is 0.294 e. The van der Waals surface area contributed by atoms with E-state index in [4.69, 9.17) is 4.42 Å². The highest BCUT2D eigenvalue weighted by molar-refractivity contribution is 5.18. The Morgan fingerprint density at radius 2 is 1.75 bits per heavy atom. The first-order valence-corrected chi connectivity index (χ1v) is 4.43. The number of nitrogens with one attached hydrogen (secondary N) is 1. The van der Waals surface area contributed by atoms with E-state index in [2.05, 4.69) is 10.3 Å². The fourth-order valence-electron chi connectivity index (χ4n) is 0.469. The Balaban J connectivity index is 0. The molecule has 72 valence electrons. The molecule has 0 saturated carbocycles. The van der Waals surface area contributed by atoms with Gasteiger partial charge in [-0.15, -0.1) is 0 Å². The number of aryl methyl sites for hydroxylation is 1. The summed E-state index contributed by atoms with van der Waals surface area (Å²) in [6, 6.07) is 0.572. The number of rotatable bonds is 1. The van der Waals surface area contributed by atoms with E-state index in [9.17, 15) is 0 Å². The van der Waals surface area contributed by atoms with Crippen molar-refractivity contribution in [2.45, 2.75) is 34.6 Å². The van der Waals surface area contributed by atoms with Crippen molar-refractivity contribution in [1.29, 1.82) is 0 Å². The quantitative estimate of drug-likeness (QED) is 0.707. The van der Waals surface area contributed by atoms with Gasteiger partial charge in [0.25, 0.3) is 6.01 Å². The number of aromatic nitrogens is 1. The summed E-state index contributed by atoms with van der Waals surface area (Å²) in [7, 11) is 1.77. The maximum atomic E-state index is 4.89. The van der Waals surface area contributed by atoms with Crippen LogP contribution in [0.1, 0.15) is 33.4 Å². The van der Waals surface area contributed by atoms with E-state index in [1.807, 2.05) is 34.6 Å². The molecule has 0 spiro atoms. The van der Waals surface area contributed by atoms with E-state index >= 15 is 0 Å². The standard InChI is InChI=1S/C5H8N2O.2C2H6/c1-4-3-8-5(6-2)7-4;2*1-2/h3H,1-2H3,(H,6,7);2*1-2H3. The molecule has 1 heterocycles. The third kappa shape index (κ3) is 5.77. The lowest BCUT2D eigenvalue weighted by atomic mass is 10.6. The smallest absolute Gasteiger partial charge is 0.294 e. The SMILES string of the molecule is CC.CC.CNc1nc(C)co1. The molecule has 0 aromatic carbocycles. The molecule has 0 fully saturated rings. The van der Waals surface area contributed by atoms with Crippen molar-refractivity contribution >= 4 is 6.01 Å². The highest BCUT2D eigenvalue weighted by Gasteiger charge is 1.92. The summed E-state index contributed by atoms with van der Waals surface area (Å²) in [5.74, 6) is 0. The van der Waals surface area contributed by atoms with E-state index in [0.717, 1.165) is 5.69 Å². The van der Waals surface area contributed by atoms with E-state index < -0.39 is 0 Å². The van der Waals surface area contributed by atoms with Crippen LogP contribution in [0, 0.1) is 6.92 Å². The van der Waals surface area contributed by atoms with Gasteiger partial charge >= 0.3 is 0 Å². The van der Waals surface area contributed by atoms with Gasteiger partial charge in [0.05, 0.1) is 5.69 Å². The molecule has 0 aliphatic heterocycles. The molecular formula is C9H20N2O.